The number of amides is 1. The largest absolute Gasteiger partial charge is 0.352 e. The van der Waals surface area contributed by atoms with E-state index in [9.17, 15) is 4.79 Å². The molecule has 1 aliphatic rings. The van der Waals surface area contributed by atoms with Crippen LogP contribution in [0.2, 0.25) is 0 Å². The molecular formula is C20H25N3O. The lowest BCUT2D eigenvalue weighted by Crippen LogP contribution is -2.52. The second-order valence-corrected chi connectivity index (χ2v) is 6.96. The van der Waals surface area contributed by atoms with E-state index in [4.69, 9.17) is 5.73 Å². The first-order chi connectivity index (χ1) is 11.6. The van der Waals surface area contributed by atoms with Gasteiger partial charge in [0.1, 0.15) is 0 Å². The van der Waals surface area contributed by atoms with Crippen molar-refractivity contribution in [2.45, 2.75) is 44.7 Å². The average Bonchev–Trinajstić information content (AvgIpc) is 2.60. The highest BCUT2D eigenvalue weighted by Crippen LogP contribution is 2.31. The Kier molecular flexibility index (Phi) is 4.95. The van der Waals surface area contributed by atoms with Gasteiger partial charge < -0.3 is 11.1 Å². The van der Waals surface area contributed by atoms with Crippen LogP contribution in [-0.4, -0.2) is 16.4 Å². The molecule has 1 saturated carbocycles. The van der Waals surface area contributed by atoms with E-state index in [-0.39, 0.29) is 17.4 Å². The molecule has 126 valence electrons. The molecule has 2 atom stereocenters. The van der Waals surface area contributed by atoms with Crippen LogP contribution in [0.15, 0.2) is 48.8 Å². The minimum atomic E-state index is -0.382. The van der Waals surface area contributed by atoms with Crippen molar-refractivity contribution in [3.63, 3.8) is 0 Å². The Labute approximate surface area is 143 Å². The first-order valence-electron chi connectivity index (χ1n) is 8.62. The first-order valence-corrected chi connectivity index (χ1v) is 8.62. The molecule has 1 fully saturated rings. The van der Waals surface area contributed by atoms with Gasteiger partial charge in [-0.05, 0) is 42.5 Å². The summed E-state index contributed by atoms with van der Waals surface area (Å²) in [5.41, 5.74) is 9.23. The second-order valence-electron chi connectivity index (χ2n) is 6.96. The third kappa shape index (κ3) is 3.82. The molecule has 0 spiro atoms. The summed E-state index contributed by atoms with van der Waals surface area (Å²) in [5, 5.41) is 3.05. The Morgan fingerprint density at radius 3 is 2.71 bits per heavy atom. The molecule has 1 amide bonds. The van der Waals surface area contributed by atoms with E-state index in [0.717, 1.165) is 42.4 Å². The van der Waals surface area contributed by atoms with Gasteiger partial charge >= 0.3 is 0 Å². The molecule has 0 radical (unpaired) electrons. The molecule has 2 unspecified atom stereocenters. The van der Waals surface area contributed by atoms with Crippen molar-refractivity contribution in [3.05, 3.63) is 54.4 Å². The van der Waals surface area contributed by atoms with Crippen molar-refractivity contribution < 1.29 is 4.79 Å². The molecule has 1 heterocycles. The zero-order valence-corrected chi connectivity index (χ0v) is 14.2. The summed E-state index contributed by atoms with van der Waals surface area (Å²) in [5.74, 6) is -0.00282. The molecule has 4 nitrogen and oxygen atoms in total. The molecular weight excluding hydrogens is 298 g/mol. The van der Waals surface area contributed by atoms with Gasteiger partial charge in [0.05, 0.1) is 5.92 Å². The third-order valence-corrected chi connectivity index (χ3v) is 4.99. The molecule has 0 bridgehead atoms. The standard InChI is InChI=1S/C20H25N3O/c1-20(21)11-3-2-6-18(20)19(24)23-13-15-7-9-16(10-8-15)17-5-4-12-22-14-17/h4-5,7-10,12,14,18H,2-3,6,11,13,21H2,1H3,(H,23,24). The van der Waals surface area contributed by atoms with E-state index in [2.05, 4.69) is 22.4 Å². The number of pyridine rings is 1. The van der Waals surface area contributed by atoms with Crippen LogP contribution in [0.1, 0.15) is 38.2 Å². The van der Waals surface area contributed by atoms with Gasteiger partial charge in [0.2, 0.25) is 5.91 Å². The van der Waals surface area contributed by atoms with Crippen LogP contribution in [0.4, 0.5) is 0 Å². The van der Waals surface area contributed by atoms with Crippen molar-refractivity contribution in [1.82, 2.24) is 10.3 Å². The number of rotatable bonds is 4. The zero-order valence-electron chi connectivity index (χ0n) is 14.2. The van der Waals surface area contributed by atoms with Crippen molar-refractivity contribution in [2.24, 2.45) is 11.7 Å². The molecule has 1 aromatic carbocycles. The highest BCUT2D eigenvalue weighted by atomic mass is 16.1. The third-order valence-electron chi connectivity index (χ3n) is 4.99. The predicted octanol–water partition coefficient (Wildman–Crippen LogP) is 3.27. The molecule has 2 aromatic rings. The lowest BCUT2D eigenvalue weighted by atomic mass is 9.74. The number of benzene rings is 1. The summed E-state index contributed by atoms with van der Waals surface area (Å²) < 4.78 is 0. The van der Waals surface area contributed by atoms with Gasteiger partial charge in [-0.2, -0.15) is 0 Å². The van der Waals surface area contributed by atoms with Gasteiger partial charge in [0.15, 0.2) is 0 Å². The van der Waals surface area contributed by atoms with E-state index in [1.807, 2.05) is 37.4 Å². The maximum Gasteiger partial charge on any atom is 0.225 e. The van der Waals surface area contributed by atoms with Gasteiger partial charge in [0, 0.05) is 24.5 Å². The molecule has 24 heavy (non-hydrogen) atoms. The number of nitrogens with two attached hydrogens (primary N) is 1. The van der Waals surface area contributed by atoms with E-state index in [0.29, 0.717) is 6.54 Å². The summed E-state index contributed by atoms with van der Waals surface area (Å²) in [6.07, 6.45) is 7.63. The fourth-order valence-electron chi connectivity index (χ4n) is 3.45. The van der Waals surface area contributed by atoms with E-state index >= 15 is 0 Å². The summed E-state index contributed by atoms with van der Waals surface area (Å²) in [7, 11) is 0. The summed E-state index contributed by atoms with van der Waals surface area (Å²) in [6, 6.07) is 12.2. The maximum absolute atomic E-state index is 12.5. The SMILES string of the molecule is CC1(N)CCCCC1C(=O)NCc1ccc(-c2cccnc2)cc1. The molecule has 0 saturated heterocycles. The zero-order chi connectivity index (χ0) is 17.0. The van der Waals surface area contributed by atoms with Crippen LogP contribution in [0.25, 0.3) is 11.1 Å². The lowest BCUT2D eigenvalue weighted by molar-refractivity contribution is -0.128. The number of nitrogens with zero attached hydrogens (tertiary/aromatic N) is 1. The van der Waals surface area contributed by atoms with Crippen LogP contribution in [0.5, 0.6) is 0 Å². The first kappa shape index (κ1) is 16.7. The number of carbonyl (C=O) groups is 1. The van der Waals surface area contributed by atoms with E-state index < -0.39 is 0 Å². The Hall–Kier alpha value is -2.20. The van der Waals surface area contributed by atoms with Crippen molar-refractivity contribution in [2.75, 3.05) is 0 Å². The fourth-order valence-corrected chi connectivity index (χ4v) is 3.45. The topological polar surface area (TPSA) is 68.0 Å². The van der Waals surface area contributed by atoms with Crippen LogP contribution in [0.3, 0.4) is 0 Å². The van der Waals surface area contributed by atoms with Crippen LogP contribution in [-0.2, 0) is 11.3 Å². The monoisotopic (exact) mass is 323 g/mol. The number of aromatic nitrogens is 1. The molecule has 1 aromatic heterocycles. The highest BCUT2D eigenvalue weighted by molar-refractivity contribution is 5.80. The van der Waals surface area contributed by atoms with Gasteiger partial charge in [-0.3, -0.25) is 9.78 Å². The summed E-state index contributed by atoms with van der Waals surface area (Å²) in [6.45, 7) is 2.54. The lowest BCUT2D eigenvalue weighted by Gasteiger charge is -2.37. The van der Waals surface area contributed by atoms with Crippen LogP contribution in [0, 0.1) is 5.92 Å². The normalized spacial score (nSPS) is 23.7. The average molecular weight is 323 g/mol. The Bertz CT molecular complexity index is 680. The maximum atomic E-state index is 12.5. The second kappa shape index (κ2) is 7.14. The van der Waals surface area contributed by atoms with E-state index in [1.54, 1.807) is 6.20 Å². The quantitative estimate of drug-likeness (QED) is 0.907. The van der Waals surface area contributed by atoms with Gasteiger partial charge in [0.25, 0.3) is 0 Å². The van der Waals surface area contributed by atoms with E-state index in [1.165, 1.54) is 0 Å². The van der Waals surface area contributed by atoms with Gasteiger partial charge in [-0.15, -0.1) is 0 Å². The number of hydrogen-bond donors (Lipinski definition) is 2. The summed E-state index contributed by atoms with van der Waals surface area (Å²) >= 11 is 0. The predicted molar refractivity (Wildman–Crippen MR) is 96.1 cm³/mol. The van der Waals surface area contributed by atoms with Crippen molar-refractivity contribution in [1.29, 1.82) is 0 Å². The summed E-state index contributed by atoms with van der Waals surface area (Å²) in [4.78, 5) is 16.6. The van der Waals surface area contributed by atoms with Crippen LogP contribution >= 0.6 is 0 Å². The number of nitrogens with one attached hydrogen (secondary N) is 1. The number of hydrogen-bond acceptors (Lipinski definition) is 3. The minimum absolute atomic E-state index is 0.0797. The molecule has 3 N–H and O–H groups in total. The minimum Gasteiger partial charge on any atom is -0.352 e. The van der Waals surface area contributed by atoms with Crippen molar-refractivity contribution in [3.8, 4) is 11.1 Å². The molecule has 1 aliphatic carbocycles. The number of carbonyl (C=O) groups excluding carboxylic acids is 1. The van der Waals surface area contributed by atoms with Crippen LogP contribution < -0.4 is 11.1 Å². The Morgan fingerprint density at radius 1 is 1.25 bits per heavy atom. The van der Waals surface area contributed by atoms with Crippen molar-refractivity contribution >= 4 is 5.91 Å². The Morgan fingerprint density at radius 2 is 2.04 bits per heavy atom. The molecule has 4 heteroatoms. The smallest absolute Gasteiger partial charge is 0.225 e. The van der Waals surface area contributed by atoms with Gasteiger partial charge in [-0.1, -0.05) is 43.2 Å². The molecule has 3 rings (SSSR count). The molecule has 0 aliphatic heterocycles. The van der Waals surface area contributed by atoms with Gasteiger partial charge in [-0.25, -0.2) is 0 Å². The highest BCUT2D eigenvalue weighted by Gasteiger charge is 2.37. The Balaban J connectivity index is 1.60. The fraction of sp³-hybridized carbons (Fsp3) is 0.400.